The molecule has 0 amide bonds. The van der Waals surface area contributed by atoms with Crippen LogP contribution in [0.5, 0.6) is 0 Å². The van der Waals surface area contributed by atoms with Crippen molar-refractivity contribution in [3.05, 3.63) is 52.0 Å². The number of aryl methyl sites for hydroxylation is 3. The van der Waals surface area contributed by atoms with Crippen LogP contribution in [0.2, 0.25) is 5.02 Å². The normalized spacial score (nSPS) is 16.8. The predicted octanol–water partition coefficient (Wildman–Crippen LogP) is 4.00. The van der Waals surface area contributed by atoms with Gasteiger partial charge in [-0.3, -0.25) is 9.03 Å². The first-order chi connectivity index (χ1) is 13.0. The topological polar surface area (TPSA) is 83.6 Å². The molecule has 0 atom stereocenters. The third kappa shape index (κ3) is 4.14. The number of anilines is 2. The summed E-state index contributed by atoms with van der Waals surface area (Å²) in [5, 5.41) is 0.528. The Hall–Kier alpha value is -1.77. The fourth-order valence-electron chi connectivity index (χ4n) is 3.51. The number of rotatable bonds is 4. The Morgan fingerprint density at radius 3 is 2.21 bits per heavy atom. The maximum atomic E-state index is 13.0. The van der Waals surface area contributed by atoms with Crippen molar-refractivity contribution >= 4 is 43.0 Å². The highest BCUT2D eigenvalue weighted by Gasteiger charge is 2.28. The van der Waals surface area contributed by atoms with Crippen molar-refractivity contribution in [2.45, 2.75) is 38.5 Å². The molecule has 6 nitrogen and oxygen atoms in total. The third-order valence-electron chi connectivity index (χ3n) is 4.78. The molecule has 0 radical (unpaired) electrons. The van der Waals surface area contributed by atoms with Crippen LogP contribution in [0.1, 0.15) is 29.5 Å². The van der Waals surface area contributed by atoms with Gasteiger partial charge in [0, 0.05) is 11.6 Å². The molecule has 2 aromatic carbocycles. The monoisotopic (exact) mass is 442 g/mol. The number of hydrogen-bond acceptors (Lipinski definition) is 4. The summed E-state index contributed by atoms with van der Waals surface area (Å²) in [4.78, 5) is 0.153. The standard InChI is InChI=1S/C19H23ClN2O4S2/c1-13-10-16(20)6-7-18(13)21-28(25,26)19-14(2)11-17(12-15(19)3)22-8-4-5-9-27(22,23)24/h6-7,10-12,21H,4-5,8-9H2,1-3H3. The second-order valence-corrected chi connectivity index (χ2v) is 11.1. The summed E-state index contributed by atoms with van der Waals surface area (Å²) in [6.45, 7) is 5.54. The number of sulfonamides is 2. The number of hydrogen-bond donors (Lipinski definition) is 1. The first kappa shape index (κ1) is 21.0. The van der Waals surface area contributed by atoms with Crippen molar-refractivity contribution < 1.29 is 16.8 Å². The Morgan fingerprint density at radius 1 is 1.00 bits per heavy atom. The second kappa shape index (κ2) is 7.57. The van der Waals surface area contributed by atoms with E-state index in [-0.39, 0.29) is 10.6 Å². The first-order valence-corrected chi connectivity index (χ1v) is 12.4. The van der Waals surface area contributed by atoms with Gasteiger partial charge < -0.3 is 0 Å². The van der Waals surface area contributed by atoms with E-state index in [4.69, 9.17) is 11.6 Å². The Labute approximate surface area is 171 Å². The lowest BCUT2D eigenvalue weighted by Gasteiger charge is -2.29. The minimum Gasteiger partial charge on any atom is -0.279 e. The van der Waals surface area contributed by atoms with E-state index in [2.05, 4.69) is 4.72 Å². The van der Waals surface area contributed by atoms with E-state index in [9.17, 15) is 16.8 Å². The summed E-state index contributed by atoms with van der Waals surface area (Å²) in [7, 11) is -7.21. The van der Waals surface area contributed by atoms with Crippen molar-refractivity contribution in [1.82, 2.24) is 0 Å². The molecule has 1 aliphatic rings. The molecule has 1 saturated heterocycles. The Balaban J connectivity index is 2.00. The fraction of sp³-hybridized carbons (Fsp3) is 0.368. The third-order valence-corrected chi connectivity index (χ3v) is 8.56. The van der Waals surface area contributed by atoms with E-state index in [0.717, 1.165) is 6.42 Å². The highest BCUT2D eigenvalue weighted by Crippen LogP contribution is 2.32. The zero-order valence-corrected chi connectivity index (χ0v) is 18.4. The number of halogens is 1. The molecule has 0 aromatic heterocycles. The van der Waals surface area contributed by atoms with Gasteiger partial charge in [0.15, 0.2) is 0 Å². The summed E-state index contributed by atoms with van der Waals surface area (Å²) in [6, 6.07) is 8.17. The molecule has 2 aromatic rings. The molecule has 3 rings (SSSR count). The van der Waals surface area contributed by atoms with Crippen LogP contribution in [0.15, 0.2) is 35.2 Å². The molecule has 1 aliphatic heterocycles. The first-order valence-electron chi connectivity index (χ1n) is 8.92. The number of nitrogens with one attached hydrogen (secondary N) is 1. The van der Waals surface area contributed by atoms with Gasteiger partial charge in [0.05, 0.1) is 22.0 Å². The lowest BCUT2D eigenvalue weighted by Crippen LogP contribution is -2.38. The minimum atomic E-state index is -3.85. The quantitative estimate of drug-likeness (QED) is 0.775. The summed E-state index contributed by atoms with van der Waals surface area (Å²) in [5.74, 6) is 0.114. The Bertz CT molecular complexity index is 1110. The van der Waals surface area contributed by atoms with Gasteiger partial charge in [0.1, 0.15) is 0 Å². The number of nitrogens with zero attached hydrogens (tertiary/aromatic N) is 1. The molecular weight excluding hydrogens is 420 g/mol. The molecule has 1 N–H and O–H groups in total. The van der Waals surface area contributed by atoms with Gasteiger partial charge in [0.2, 0.25) is 10.0 Å². The molecule has 152 valence electrons. The van der Waals surface area contributed by atoms with Crippen LogP contribution >= 0.6 is 11.6 Å². The van der Waals surface area contributed by atoms with Crippen molar-refractivity contribution in [3.63, 3.8) is 0 Å². The minimum absolute atomic E-state index is 0.114. The lowest BCUT2D eigenvalue weighted by molar-refractivity contribution is 0.574. The van der Waals surface area contributed by atoms with E-state index < -0.39 is 20.0 Å². The van der Waals surface area contributed by atoms with Crippen molar-refractivity contribution in [3.8, 4) is 0 Å². The molecule has 0 bridgehead atoms. The summed E-state index contributed by atoms with van der Waals surface area (Å²) in [5.41, 5.74) is 2.66. The molecule has 1 fully saturated rings. The summed E-state index contributed by atoms with van der Waals surface area (Å²) < 4.78 is 54.8. The van der Waals surface area contributed by atoms with Gasteiger partial charge in [-0.2, -0.15) is 0 Å². The van der Waals surface area contributed by atoms with Crippen LogP contribution in [-0.4, -0.2) is 29.1 Å². The van der Waals surface area contributed by atoms with E-state index in [1.165, 1.54) is 4.31 Å². The van der Waals surface area contributed by atoms with Gasteiger partial charge in [-0.1, -0.05) is 11.6 Å². The molecule has 28 heavy (non-hydrogen) atoms. The summed E-state index contributed by atoms with van der Waals surface area (Å²) in [6.07, 6.45) is 1.43. The van der Waals surface area contributed by atoms with Crippen molar-refractivity contribution in [2.75, 3.05) is 21.3 Å². The van der Waals surface area contributed by atoms with Gasteiger partial charge in [-0.25, -0.2) is 16.8 Å². The predicted molar refractivity (Wildman–Crippen MR) is 113 cm³/mol. The fourth-order valence-corrected chi connectivity index (χ4v) is 6.95. The largest absolute Gasteiger partial charge is 0.279 e. The van der Waals surface area contributed by atoms with Crippen LogP contribution in [0.25, 0.3) is 0 Å². The van der Waals surface area contributed by atoms with Crippen molar-refractivity contribution in [1.29, 1.82) is 0 Å². The van der Waals surface area contributed by atoms with Gasteiger partial charge in [-0.05, 0) is 80.6 Å². The summed E-state index contributed by atoms with van der Waals surface area (Å²) >= 11 is 5.94. The average Bonchev–Trinajstić information content (AvgIpc) is 2.56. The highest BCUT2D eigenvalue weighted by molar-refractivity contribution is 7.93. The highest BCUT2D eigenvalue weighted by atomic mass is 35.5. The molecule has 0 aliphatic carbocycles. The van der Waals surface area contributed by atoms with E-state index in [0.29, 0.717) is 46.1 Å². The van der Waals surface area contributed by atoms with E-state index in [1.54, 1.807) is 51.1 Å². The van der Waals surface area contributed by atoms with Gasteiger partial charge >= 0.3 is 0 Å². The van der Waals surface area contributed by atoms with E-state index in [1.807, 2.05) is 0 Å². The maximum absolute atomic E-state index is 13.0. The Morgan fingerprint density at radius 2 is 1.64 bits per heavy atom. The lowest BCUT2D eigenvalue weighted by atomic mass is 10.1. The van der Waals surface area contributed by atoms with Crippen LogP contribution in [-0.2, 0) is 20.0 Å². The SMILES string of the molecule is Cc1cc(Cl)ccc1NS(=O)(=O)c1c(C)cc(N2CCCCS2(=O)=O)cc1C. The average molecular weight is 443 g/mol. The van der Waals surface area contributed by atoms with E-state index >= 15 is 0 Å². The zero-order valence-electron chi connectivity index (χ0n) is 16.0. The number of benzene rings is 2. The Kier molecular flexibility index (Phi) is 5.67. The zero-order chi connectivity index (χ0) is 20.7. The smallest absolute Gasteiger partial charge is 0.262 e. The van der Waals surface area contributed by atoms with Crippen LogP contribution in [0, 0.1) is 20.8 Å². The second-order valence-electron chi connectivity index (χ2n) is 7.07. The molecule has 0 saturated carbocycles. The molecular formula is C19H23ClN2O4S2. The van der Waals surface area contributed by atoms with Crippen LogP contribution in [0.4, 0.5) is 11.4 Å². The van der Waals surface area contributed by atoms with Crippen LogP contribution < -0.4 is 9.03 Å². The molecule has 1 heterocycles. The van der Waals surface area contributed by atoms with Crippen molar-refractivity contribution in [2.24, 2.45) is 0 Å². The van der Waals surface area contributed by atoms with Crippen LogP contribution in [0.3, 0.4) is 0 Å². The van der Waals surface area contributed by atoms with Gasteiger partial charge in [0.25, 0.3) is 10.0 Å². The molecule has 9 heteroatoms. The molecule has 0 spiro atoms. The maximum Gasteiger partial charge on any atom is 0.262 e. The molecule has 0 unspecified atom stereocenters. The van der Waals surface area contributed by atoms with Gasteiger partial charge in [-0.15, -0.1) is 0 Å².